The van der Waals surface area contributed by atoms with E-state index in [1.54, 1.807) is 6.08 Å². The number of aliphatic hydroxyl groups is 2. The summed E-state index contributed by atoms with van der Waals surface area (Å²) >= 11 is 0. The average Bonchev–Trinajstić information content (AvgIpc) is 3.39. The number of carbonyl (C=O) groups is 2. The fourth-order valence-corrected chi connectivity index (χ4v) is 9.84. The van der Waals surface area contributed by atoms with Crippen molar-refractivity contribution in [2.45, 2.75) is 353 Å². The Labute approximate surface area is 455 Å². The molecule has 0 bridgehead atoms. The van der Waals surface area contributed by atoms with Crippen LogP contribution >= 0.6 is 0 Å². The maximum absolute atomic E-state index is 12.5. The Hall–Kier alpha value is -2.18. The van der Waals surface area contributed by atoms with Crippen molar-refractivity contribution in [1.82, 2.24) is 5.32 Å². The van der Waals surface area contributed by atoms with Crippen LogP contribution in [0.2, 0.25) is 0 Å². The molecule has 0 aliphatic rings. The van der Waals surface area contributed by atoms with E-state index in [4.69, 9.17) is 4.74 Å². The summed E-state index contributed by atoms with van der Waals surface area (Å²) in [5.41, 5.74) is 0. The molecule has 73 heavy (non-hydrogen) atoms. The van der Waals surface area contributed by atoms with Gasteiger partial charge in [-0.05, 0) is 89.9 Å². The van der Waals surface area contributed by atoms with Crippen LogP contribution < -0.4 is 5.32 Å². The highest BCUT2D eigenvalue weighted by Gasteiger charge is 2.18. The van der Waals surface area contributed by atoms with Crippen molar-refractivity contribution in [2.75, 3.05) is 13.2 Å². The molecule has 0 aliphatic carbocycles. The Morgan fingerprint density at radius 1 is 0.384 bits per heavy atom. The number of allylic oxidation sites excluding steroid dienone is 7. The molecule has 2 atom stereocenters. The van der Waals surface area contributed by atoms with Gasteiger partial charge in [-0.15, -0.1) is 0 Å². The maximum atomic E-state index is 12.5. The van der Waals surface area contributed by atoms with E-state index < -0.39 is 12.1 Å². The molecule has 0 saturated heterocycles. The number of hydrogen-bond donors (Lipinski definition) is 3. The van der Waals surface area contributed by atoms with Crippen LogP contribution in [0.5, 0.6) is 0 Å². The SMILES string of the molecule is CCCCCCCCC/C=C\CCCCCCCCCC(=O)OCCCCCCCCCCC/C=C\C/C=C\CCCCCCCCCC(=O)NC(CO)C(O)/C=C/CCCCCCCCCCCCCCC. The number of unbranched alkanes of at least 4 members (excludes halogenated alkanes) is 43. The monoisotopic (exact) mass is 1020 g/mol. The third-order valence-corrected chi connectivity index (χ3v) is 14.8. The molecule has 0 rings (SSSR count). The zero-order chi connectivity index (χ0) is 52.9. The van der Waals surface area contributed by atoms with Gasteiger partial charge in [0.25, 0.3) is 0 Å². The molecule has 0 heterocycles. The van der Waals surface area contributed by atoms with Gasteiger partial charge in [0.15, 0.2) is 0 Å². The average molecular weight is 1020 g/mol. The summed E-state index contributed by atoms with van der Waals surface area (Å²) in [7, 11) is 0. The van der Waals surface area contributed by atoms with Gasteiger partial charge < -0.3 is 20.3 Å². The van der Waals surface area contributed by atoms with Crippen LogP contribution in [0.4, 0.5) is 0 Å². The van der Waals surface area contributed by atoms with Crippen molar-refractivity contribution in [2.24, 2.45) is 0 Å². The van der Waals surface area contributed by atoms with Gasteiger partial charge in [0.2, 0.25) is 5.91 Å². The van der Waals surface area contributed by atoms with E-state index in [0.29, 0.717) is 19.4 Å². The molecule has 0 saturated carbocycles. The normalized spacial score (nSPS) is 12.9. The summed E-state index contributed by atoms with van der Waals surface area (Å²) < 4.78 is 5.49. The van der Waals surface area contributed by atoms with Crippen LogP contribution in [0, 0.1) is 0 Å². The van der Waals surface area contributed by atoms with E-state index in [9.17, 15) is 19.8 Å². The first-order chi connectivity index (χ1) is 36.0. The first-order valence-corrected chi connectivity index (χ1v) is 32.4. The smallest absolute Gasteiger partial charge is 0.305 e. The Morgan fingerprint density at radius 3 is 1.05 bits per heavy atom. The van der Waals surface area contributed by atoms with Crippen LogP contribution in [-0.4, -0.2) is 47.4 Å². The van der Waals surface area contributed by atoms with Gasteiger partial charge in [0.1, 0.15) is 0 Å². The lowest BCUT2D eigenvalue weighted by molar-refractivity contribution is -0.143. The van der Waals surface area contributed by atoms with Crippen LogP contribution in [-0.2, 0) is 14.3 Å². The highest BCUT2D eigenvalue weighted by molar-refractivity contribution is 5.76. The van der Waals surface area contributed by atoms with Crippen molar-refractivity contribution >= 4 is 11.9 Å². The first-order valence-electron chi connectivity index (χ1n) is 32.4. The molecule has 2 unspecified atom stereocenters. The number of carbonyl (C=O) groups excluding carboxylic acids is 2. The third kappa shape index (κ3) is 58.9. The molecule has 0 aliphatic heterocycles. The van der Waals surface area contributed by atoms with Gasteiger partial charge in [-0.25, -0.2) is 0 Å². The molecule has 6 heteroatoms. The summed E-state index contributed by atoms with van der Waals surface area (Å²) in [5.74, 6) is -0.0743. The number of rotatable bonds is 60. The van der Waals surface area contributed by atoms with Crippen molar-refractivity contribution in [3.63, 3.8) is 0 Å². The number of hydrogen-bond acceptors (Lipinski definition) is 5. The van der Waals surface area contributed by atoms with Crippen LogP contribution in [0.3, 0.4) is 0 Å². The number of esters is 1. The molecule has 1 amide bonds. The predicted octanol–water partition coefficient (Wildman–Crippen LogP) is 20.5. The fraction of sp³-hybridized carbons (Fsp3) is 0.851. The summed E-state index contributed by atoms with van der Waals surface area (Å²) in [6.07, 6.45) is 80.1. The van der Waals surface area contributed by atoms with E-state index in [1.165, 1.54) is 250 Å². The molecular weight excluding hydrogens is 899 g/mol. The van der Waals surface area contributed by atoms with Gasteiger partial charge in [0.05, 0.1) is 25.4 Å². The molecule has 0 aromatic heterocycles. The van der Waals surface area contributed by atoms with Gasteiger partial charge >= 0.3 is 5.97 Å². The molecule has 0 radical (unpaired) electrons. The largest absolute Gasteiger partial charge is 0.466 e. The van der Waals surface area contributed by atoms with Crippen molar-refractivity contribution in [1.29, 1.82) is 0 Å². The Balaban J connectivity index is 3.46. The van der Waals surface area contributed by atoms with E-state index in [2.05, 4.69) is 55.6 Å². The molecule has 6 nitrogen and oxygen atoms in total. The van der Waals surface area contributed by atoms with E-state index in [-0.39, 0.29) is 18.5 Å². The Kier molecular flexibility index (Phi) is 60.5. The predicted molar refractivity (Wildman–Crippen MR) is 319 cm³/mol. The minimum Gasteiger partial charge on any atom is -0.466 e. The summed E-state index contributed by atoms with van der Waals surface area (Å²) in [4.78, 5) is 24.6. The van der Waals surface area contributed by atoms with Crippen LogP contribution in [0.25, 0.3) is 0 Å². The van der Waals surface area contributed by atoms with Gasteiger partial charge in [-0.3, -0.25) is 9.59 Å². The fourth-order valence-electron chi connectivity index (χ4n) is 9.84. The van der Waals surface area contributed by atoms with E-state index in [0.717, 1.165) is 64.2 Å². The number of ether oxygens (including phenoxy) is 1. The Bertz CT molecular complexity index is 1230. The minimum atomic E-state index is -0.852. The summed E-state index contributed by atoms with van der Waals surface area (Å²) in [6.45, 7) is 4.90. The summed E-state index contributed by atoms with van der Waals surface area (Å²) in [6, 6.07) is -0.636. The van der Waals surface area contributed by atoms with Gasteiger partial charge in [0, 0.05) is 12.8 Å². The minimum absolute atomic E-state index is 0.00350. The molecular formula is C67H125NO5. The number of aliphatic hydroxyl groups excluding tert-OH is 2. The van der Waals surface area contributed by atoms with Crippen molar-refractivity contribution in [3.8, 4) is 0 Å². The zero-order valence-corrected chi connectivity index (χ0v) is 48.9. The zero-order valence-electron chi connectivity index (χ0n) is 48.9. The summed E-state index contributed by atoms with van der Waals surface area (Å²) in [5, 5.41) is 23.1. The number of amides is 1. The standard InChI is InChI=1S/C67H125NO5/c1-3-5-7-9-11-13-15-17-19-20-29-33-37-41-45-49-53-57-61-67(72)73-62-58-54-50-46-42-38-34-30-27-25-23-21-22-24-26-28-32-36-40-44-48-52-56-60-66(71)68-64(63-69)65(70)59-55-51-47-43-39-35-31-18-16-14-12-10-8-6-4-2/h19-21,23-24,26,55,59,64-65,69-70H,3-18,22,25,27-54,56-58,60-63H2,1-2H3,(H,68,71)/b20-19-,23-21-,26-24-,59-55+. The second-order valence-corrected chi connectivity index (χ2v) is 22.1. The highest BCUT2D eigenvalue weighted by Crippen LogP contribution is 2.17. The van der Waals surface area contributed by atoms with Crippen LogP contribution in [0.15, 0.2) is 48.6 Å². The van der Waals surface area contributed by atoms with Gasteiger partial charge in [-0.1, -0.05) is 287 Å². The lowest BCUT2D eigenvalue weighted by Gasteiger charge is -2.20. The van der Waals surface area contributed by atoms with Crippen molar-refractivity contribution < 1.29 is 24.5 Å². The van der Waals surface area contributed by atoms with Crippen LogP contribution in [0.1, 0.15) is 341 Å². The Morgan fingerprint density at radius 2 is 0.685 bits per heavy atom. The second kappa shape index (κ2) is 62.4. The third-order valence-electron chi connectivity index (χ3n) is 14.8. The topological polar surface area (TPSA) is 95.9 Å². The highest BCUT2D eigenvalue weighted by atomic mass is 16.5. The molecule has 0 fully saturated rings. The molecule has 0 aromatic rings. The molecule has 428 valence electrons. The maximum Gasteiger partial charge on any atom is 0.305 e. The number of nitrogens with one attached hydrogen (secondary N) is 1. The molecule has 0 spiro atoms. The molecule has 0 aromatic carbocycles. The van der Waals surface area contributed by atoms with Crippen molar-refractivity contribution in [3.05, 3.63) is 48.6 Å². The van der Waals surface area contributed by atoms with E-state index in [1.807, 2.05) is 6.08 Å². The van der Waals surface area contributed by atoms with Gasteiger partial charge in [-0.2, -0.15) is 0 Å². The second-order valence-electron chi connectivity index (χ2n) is 22.1. The first kappa shape index (κ1) is 70.8. The quantitative estimate of drug-likeness (QED) is 0.0320. The van der Waals surface area contributed by atoms with E-state index >= 15 is 0 Å². The lowest BCUT2D eigenvalue weighted by Crippen LogP contribution is -2.45. The molecule has 3 N–H and O–H groups in total. The lowest BCUT2D eigenvalue weighted by atomic mass is 10.0.